The van der Waals surface area contributed by atoms with Crippen LogP contribution in [0.3, 0.4) is 0 Å². The fourth-order valence-electron chi connectivity index (χ4n) is 9.52. The molecule has 4 unspecified atom stereocenters. The summed E-state index contributed by atoms with van der Waals surface area (Å²) in [4.78, 5) is 115. The molecule has 2 aromatic carbocycles. The first-order valence-electron chi connectivity index (χ1n) is 24.1. The van der Waals surface area contributed by atoms with E-state index in [-0.39, 0.29) is 41.9 Å². The topological polar surface area (TPSA) is 305 Å². The predicted molar refractivity (Wildman–Crippen MR) is 256 cm³/mol. The van der Waals surface area contributed by atoms with E-state index >= 15 is 4.79 Å². The highest BCUT2D eigenvalue weighted by Crippen LogP contribution is 2.44. The van der Waals surface area contributed by atoms with Gasteiger partial charge in [-0.05, 0) is 108 Å². The van der Waals surface area contributed by atoms with Gasteiger partial charge in [0.15, 0.2) is 33.7 Å². The second-order valence-corrected chi connectivity index (χ2v) is 19.1. The summed E-state index contributed by atoms with van der Waals surface area (Å²) in [5.41, 5.74) is 1.20. The molecule has 8 rings (SSSR count). The number of unbranched alkanes of at least 4 members (excludes halogenated alkanes) is 1. The summed E-state index contributed by atoms with van der Waals surface area (Å²) in [5.74, 6) is -7.86. The molecular weight excluding hydrogens is 929 g/mol. The molecule has 380 valence electrons. The smallest absolute Gasteiger partial charge is 0.328 e. The molecule has 21 nitrogen and oxygen atoms in total. The Bertz CT molecular complexity index is 2910. The predicted octanol–water partition coefficient (Wildman–Crippen LogP) is 4.19. The van der Waals surface area contributed by atoms with Gasteiger partial charge in [0, 0.05) is 6.54 Å². The summed E-state index contributed by atoms with van der Waals surface area (Å²) >= 11 is 0. The number of nitrogens with one attached hydrogen (secondary N) is 6. The van der Waals surface area contributed by atoms with Crippen molar-refractivity contribution in [3.8, 4) is 11.1 Å². The van der Waals surface area contributed by atoms with Gasteiger partial charge in [0.25, 0.3) is 35.4 Å². The SMILES string of the molecule is COC(=O)C(CCCCN)NC(=O)C1(C)NC(=O)c2nc(oc2C)C(C)(C(=O)NCC2CCCCC2)NC(=O)c2nc(oc2C)C(C)(C(=O)NC2c3ccccc3-c3ccccc32)NC(=O)c2nc1oc2C. The van der Waals surface area contributed by atoms with Crippen molar-refractivity contribution in [3.63, 3.8) is 0 Å². The minimum Gasteiger partial charge on any atom is -0.467 e. The largest absolute Gasteiger partial charge is 0.467 e. The third-order valence-electron chi connectivity index (χ3n) is 13.9. The van der Waals surface area contributed by atoms with Crippen molar-refractivity contribution >= 4 is 41.4 Å². The normalized spacial score (nSPS) is 21.7. The molecule has 72 heavy (non-hydrogen) atoms. The standard InChI is InChI=1S/C51H60N10O11/c1-26-36-40(63)60-50(5,44(67)54-34(42(65)69-7)23-15-16-24-52)47-57-37(28(3)71-47)41(64)61-51(6,45(68)55-38-32-21-13-11-19-30(32)31-20-12-14-22-33(31)38)48-58-35(27(2)72-48)39(62)59-49(4,46(56-36)70-26)43(66)53-25-29-17-9-8-10-18-29/h11-14,19-22,29,34,38H,8-10,15-18,23-25,52H2,1-7H3,(H,53,66)(H,54,67)(H,55,68)(H,59,62)(H,60,63)(H,61,64). The Balaban J connectivity index is 1.26. The van der Waals surface area contributed by atoms with Crippen molar-refractivity contribution < 1.29 is 51.6 Å². The van der Waals surface area contributed by atoms with Crippen molar-refractivity contribution in [2.24, 2.45) is 11.7 Å². The van der Waals surface area contributed by atoms with Crippen LogP contribution in [-0.2, 0) is 40.5 Å². The Morgan fingerprint density at radius 1 is 0.681 bits per heavy atom. The van der Waals surface area contributed by atoms with Crippen LogP contribution in [0.4, 0.5) is 0 Å². The van der Waals surface area contributed by atoms with E-state index in [1.165, 1.54) is 41.5 Å². The zero-order valence-corrected chi connectivity index (χ0v) is 41.3. The zero-order valence-electron chi connectivity index (χ0n) is 41.3. The lowest BCUT2D eigenvalue weighted by atomic mass is 9.89. The van der Waals surface area contributed by atoms with Gasteiger partial charge in [-0.3, -0.25) is 28.8 Å². The minimum atomic E-state index is -2.33. The van der Waals surface area contributed by atoms with E-state index in [9.17, 15) is 28.8 Å². The molecule has 6 amide bonds. The van der Waals surface area contributed by atoms with Crippen LogP contribution < -0.4 is 37.6 Å². The van der Waals surface area contributed by atoms with Crippen LogP contribution in [0, 0.1) is 26.7 Å². The number of oxazole rings is 3. The van der Waals surface area contributed by atoms with Crippen LogP contribution in [0.15, 0.2) is 61.8 Å². The highest BCUT2D eigenvalue weighted by Gasteiger charge is 2.50. The molecule has 0 radical (unpaired) electrons. The van der Waals surface area contributed by atoms with Crippen LogP contribution in [0.2, 0.25) is 0 Å². The third kappa shape index (κ3) is 9.47. The van der Waals surface area contributed by atoms with Crippen LogP contribution in [0.1, 0.15) is 156 Å². The maximum Gasteiger partial charge on any atom is 0.328 e. The fourth-order valence-corrected chi connectivity index (χ4v) is 9.52. The summed E-state index contributed by atoms with van der Waals surface area (Å²) in [6.45, 7) is 8.74. The average molecular weight is 989 g/mol. The monoisotopic (exact) mass is 988 g/mol. The van der Waals surface area contributed by atoms with Gasteiger partial charge >= 0.3 is 5.97 Å². The number of methoxy groups -OCH3 is 1. The number of aromatic nitrogens is 3. The molecule has 0 spiro atoms. The molecule has 21 heteroatoms. The van der Waals surface area contributed by atoms with Gasteiger partial charge in [0.05, 0.1) is 13.2 Å². The first-order chi connectivity index (χ1) is 34.3. The van der Waals surface area contributed by atoms with E-state index < -0.39 is 99.2 Å². The first kappa shape index (κ1) is 50.7. The van der Waals surface area contributed by atoms with Crippen LogP contribution in [0.25, 0.3) is 11.1 Å². The summed E-state index contributed by atoms with van der Waals surface area (Å²) in [6, 6.07) is 13.2. The van der Waals surface area contributed by atoms with Gasteiger partial charge in [-0.1, -0.05) is 67.8 Å². The van der Waals surface area contributed by atoms with E-state index in [0.717, 1.165) is 61.5 Å². The van der Waals surface area contributed by atoms with E-state index in [0.29, 0.717) is 19.4 Å². The quantitative estimate of drug-likeness (QED) is 0.0681. The molecule has 5 aromatic rings. The number of hydrogen-bond donors (Lipinski definition) is 7. The molecule has 4 atom stereocenters. The van der Waals surface area contributed by atoms with Crippen LogP contribution in [-0.4, -0.2) is 82.6 Å². The van der Waals surface area contributed by atoms with Gasteiger partial charge in [-0.25, -0.2) is 19.7 Å². The maximum absolute atomic E-state index is 15.1. The van der Waals surface area contributed by atoms with E-state index in [1.807, 2.05) is 48.5 Å². The van der Waals surface area contributed by atoms with Crippen LogP contribution >= 0.6 is 0 Å². The molecule has 1 saturated carbocycles. The lowest BCUT2D eigenvalue weighted by Gasteiger charge is -2.29. The lowest BCUT2D eigenvalue weighted by Crippen LogP contribution is -2.58. The van der Waals surface area contributed by atoms with Crippen molar-refractivity contribution in [2.45, 2.75) is 122 Å². The highest BCUT2D eigenvalue weighted by molar-refractivity contribution is 6.02. The van der Waals surface area contributed by atoms with Crippen LogP contribution in [0.5, 0.6) is 0 Å². The summed E-state index contributed by atoms with van der Waals surface area (Å²) < 4.78 is 23.3. The molecular formula is C51H60N10O11. The van der Waals surface area contributed by atoms with Crippen molar-refractivity contribution in [1.29, 1.82) is 0 Å². The van der Waals surface area contributed by atoms with Gasteiger partial charge in [0.1, 0.15) is 23.3 Å². The number of carbonyl (C=O) groups is 7. The molecule has 1 fully saturated rings. The summed E-state index contributed by atoms with van der Waals surface area (Å²) in [5, 5.41) is 16.7. The summed E-state index contributed by atoms with van der Waals surface area (Å²) in [6.07, 6.45) is 5.92. The first-order valence-corrected chi connectivity index (χ1v) is 24.1. The molecule has 0 saturated heterocycles. The van der Waals surface area contributed by atoms with E-state index in [2.05, 4.69) is 46.9 Å². The van der Waals surface area contributed by atoms with Gasteiger partial charge < -0.3 is 55.6 Å². The van der Waals surface area contributed by atoms with E-state index in [1.54, 1.807) is 0 Å². The summed E-state index contributed by atoms with van der Waals surface area (Å²) in [7, 11) is 1.16. The minimum absolute atomic E-state index is 0.0890. The second kappa shape index (κ2) is 20.2. The number of nitrogens with two attached hydrogens (primary N) is 1. The Kier molecular flexibility index (Phi) is 14.2. The Morgan fingerprint density at radius 2 is 1.12 bits per heavy atom. The molecule has 4 heterocycles. The number of hydrogen-bond acceptors (Lipinski definition) is 15. The number of rotatable bonds is 12. The number of nitrogens with zero attached hydrogens (tertiary/aromatic N) is 3. The number of carbonyl (C=O) groups excluding carboxylic acids is 7. The molecule has 8 N–H and O–H groups in total. The highest BCUT2D eigenvalue weighted by atomic mass is 16.5. The Labute approximate surface area is 415 Å². The lowest BCUT2D eigenvalue weighted by molar-refractivity contribution is -0.146. The molecule has 3 aliphatic rings. The van der Waals surface area contributed by atoms with Crippen molar-refractivity contribution in [3.05, 3.63) is 112 Å². The average Bonchev–Trinajstić information content (AvgIpc) is 4.16. The van der Waals surface area contributed by atoms with Crippen molar-refractivity contribution in [1.82, 2.24) is 46.9 Å². The number of esters is 1. The van der Waals surface area contributed by atoms with E-state index in [4.69, 9.17) is 23.7 Å². The second-order valence-electron chi connectivity index (χ2n) is 19.1. The number of fused-ring (bicyclic) bond motifs is 9. The molecule has 1 aliphatic heterocycles. The molecule has 6 bridgehead atoms. The zero-order chi connectivity index (χ0) is 51.7. The van der Waals surface area contributed by atoms with Crippen molar-refractivity contribution in [2.75, 3.05) is 20.2 Å². The molecule has 2 aliphatic carbocycles. The Hall–Kier alpha value is -7.68. The van der Waals surface area contributed by atoms with Gasteiger partial charge in [-0.2, -0.15) is 0 Å². The fraction of sp³-hybridized carbons (Fsp3) is 0.451. The number of benzene rings is 2. The maximum atomic E-state index is 15.1. The number of amides is 6. The number of ether oxygens (including phenoxy) is 1. The number of aryl methyl sites for hydroxylation is 3. The van der Waals surface area contributed by atoms with Gasteiger partial charge in [-0.15, -0.1) is 0 Å². The third-order valence-corrected chi connectivity index (χ3v) is 13.9. The molecule has 3 aromatic heterocycles. The Morgan fingerprint density at radius 3 is 1.58 bits per heavy atom. The van der Waals surface area contributed by atoms with Gasteiger partial charge in [0.2, 0.25) is 17.7 Å².